The first-order valence-electron chi connectivity index (χ1n) is 6.14. The summed E-state index contributed by atoms with van der Waals surface area (Å²) in [6, 6.07) is 16.1. The predicted octanol–water partition coefficient (Wildman–Crippen LogP) is 3.75. The Morgan fingerprint density at radius 3 is 2.50 bits per heavy atom. The quantitative estimate of drug-likeness (QED) is 0.932. The molecule has 0 aliphatic rings. The number of amides is 1. The summed E-state index contributed by atoms with van der Waals surface area (Å²) in [5.74, 6) is -0.271. The number of halogens is 1. The topological polar surface area (TPSA) is 52.9 Å². The molecular formula is C16H13BrN2O. The summed E-state index contributed by atoms with van der Waals surface area (Å²) in [6.45, 7) is 1.92. The first-order chi connectivity index (χ1) is 9.63. The van der Waals surface area contributed by atoms with Gasteiger partial charge in [0, 0.05) is 4.47 Å². The number of nitrogens with zero attached hydrogens (tertiary/aromatic N) is 1. The normalized spacial score (nSPS) is 11.4. The Kier molecular flexibility index (Phi) is 4.54. The van der Waals surface area contributed by atoms with Crippen LogP contribution in [0.1, 0.15) is 27.5 Å². The van der Waals surface area contributed by atoms with E-state index in [1.165, 1.54) is 0 Å². The molecule has 2 rings (SSSR count). The number of hydrogen-bond acceptors (Lipinski definition) is 2. The van der Waals surface area contributed by atoms with E-state index < -0.39 is 6.04 Å². The SMILES string of the molecule is Cc1ccccc1[C@H](C#N)NC(=O)c1ccccc1Br. The van der Waals surface area contributed by atoms with Gasteiger partial charge in [0.15, 0.2) is 0 Å². The molecule has 2 aromatic carbocycles. The Hall–Kier alpha value is -2.12. The third-order valence-electron chi connectivity index (χ3n) is 3.02. The Labute approximate surface area is 126 Å². The van der Waals surface area contributed by atoms with Crippen molar-refractivity contribution in [3.63, 3.8) is 0 Å². The average Bonchev–Trinajstić information content (AvgIpc) is 2.46. The van der Waals surface area contributed by atoms with Crippen LogP contribution in [-0.2, 0) is 0 Å². The molecule has 0 aliphatic carbocycles. The second kappa shape index (κ2) is 6.36. The lowest BCUT2D eigenvalue weighted by Crippen LogP contribution is -2.28. The van der Waals surface area contributed by atoms with E-state index in [1.54, 1.807) is 18.2 Å². The van der Waals surface area contributed by atoms with Crippen molar-refractivity contribution in [1.82, 2.24) is 5.32 Å². The van der Waals surface area contributed by atoms with E-state index in [1.807, 2.05) is 37.3 Å². The van der Waals surface area contributed by atoms with Crippen molar-refractivity contribution in [2.45, 2.75) is 13.0 Å². The van der Waals surface area contributed by atoms with E-state index in [0.717, 1.165) is 11.1 Å². The number of aryl methyl sites for hydroxylation is 1. The summed E-state index contributed by atoms with van der Waals surface area (Å²) in [7, 11) is 0. The molecule has 0 unspecified atom stereocenters. The van der Waals surface area contributed by atoms with Gasteiger partial charge in [0.05, 0.1) is 11.6 Å². The standard InChI is InChI=1S/C16H13BrN2O/c1-11-6-2-3-7-12(11)15(10-18)19-16(20)13-8-4-5-9-14(13)17/h2-9,15H,1H3,(H,19,20)/t15-/m0/s1. The summed E-state index contributed by atoms with van der Waals surface area (Å²) in [5.41, 5.74) is 2.31. The first-order valence-corrected chi connectivity index (χ1v) is 6.93. The molecule has 4 heteroatoms. The van der Waals surface area contributed by atoms with Crippen LogP contribution in [-0.4, -0.2) is 5.91 Å². The molecule has 0 fully saturated rings. The number of carbonyl (C=O) groups is 1. The van der Waals surface area contributed by atoms with Crippen LogP contribution in [0.2, 0.25) is 0 Å². The molecule has 0 aromatic heterocycles. The number of benzene rings is 2. The largest absolute Gasteiger partial charge is 0.332 e. The zero-order chi connectivity index (χ0) is 14.5. The van der Waals surface area contributed by atoms with E-state index in [9.17, 15) is 10.1 Å². The second-order valence-corrected chi connectivity index (χ2v) is 5.23. The Balaban J connectivity index is 2.24. The van der Waals surface area contributed by atoms with Gasteiger partial charge < -0.3 is 5.32 Å². The third-order valence-corrected chi connectivity index (χ3v) is 3.71. The summed E-state index contributed by atoms with van der Waals surface area (Å²) in [4.78, 5) is 12.2. The molecule has 100 valence electrons. The average molecular weight is 329 g/mol. The summed E-state index contributed by atoms with van der Waals surface area (Å²) < 4.78 is 0.707. The van der Waals surface area contributed by atoms with E-state index in [2.05, 4.69) is 27.3 Å². The maximum absolute atomic E-state index is 12.2. The highest BCUT2D eigenvalue weighted by molar-refractivity contribution is 9.10. The van der Waals surface area contributed by atoms with Gasteiger partial charge in [-0.3, -0.25) is 4.79 Å². The molecule has 20 heavy (non-hydrogen) atoms. The van der Waals surface area contributed by atoms with Gasteiger partial charge in [0.25, 0.3) is 5.91 Å². The van der Waals surface area contributed by atoms with Gasteiger partial charge in [0.2, 0.25) is 0 Å². The van der Waals surface area contributed by atoms with Crippen molar-refractivity contribution < 1.29 is 4.79 Å². The molecule has 0 radical (unpaired) electrons. The highest BCUT2D eigenvalue weighted by atomic mass is 79.9. The molecule has 0 spiro atoms. The zero-order valence-corrected chi connectivity index (χ0v) is 12.5. The van der Waals surface area contributed by atoms with Crippen LogP contribution in [0.25, 0.3) is 0 Å². The van der Waals surface area contributed by atoms with Crippen LogP contribution >= 0.6 is 15.9 Å². The van der Waals surface area contributed by atoms with Gasteiger partial charge in [-0.2, -0.15) is 5.26 Å². The first kappa shape index (κ1) is 14.3. The molecule has 0 heterocycles. The second-order valence-electron chi connectivity index (χ2n) is 4.37. The van der Waals surface area contributed by atoms with Crippen LogP contribution in [0, 0.1) is 18.3 Å². The smallest absolute Gasteiger partial charge is 0.253 e. The fourth-order valence-electron chi connectivity index (χ4n) is 1.94. The molecule has 1 amide bonds. The summed E-state index contributed by atoms with van der Waals surface area (Å²) in [5, 5.41) is 12.0. The molecule has 0 aliphatic heterocycles. The minimum Gasteiger partial charge on any atom is -0.332 e. The van der Waals surface area contributed by atoms with Crippen molar-refractivity contribution in [1.29, 1.82) is 5.26 Å². The van der Waals surface area contributed by atoms with Crippen LogP contribution in [0.3, 0.4) is 0 Å². The lowest BCUT2D eigenvalue weighted by molar-refractivity contribution is 0.0944. The number of hydrogen-bond donors (Lipinski definition) is 1. The van der Waals surface area contributed by atoms with Crippen LogP contribution in [0.15, 0.2) is 53.0 Å². The molecule has 0 saturated carbocycles. The fraction of sp³-hybridized carbons (Fsp3) is 0.125. The van der Waals surface area contributed by atoms with Crippen molar-refractivity contribution in [2.24, 2.45) is 0 Å². The predicted molar refractivity (Wildman–Crippen MR) is 81.1 cm³/mol. The molecule has 1 N–H and O–H groups in total. The highest BCUT2D eigenvalue weighted by Gasteiger charge is 2.17. The minimum atomic E-state index is -0.657. The lowest BCUT2D eigenvalue weighted by Gasteiger charge is -2.14. The minimum absolute atomic E-state index is 0.271. The van der Waals surface area contributed by atoms with Gasteiger partial charge >= 0.3 is 0 Å². The lowest BCUT2D eigenvalue weighted by atomic mass is 10.0. The van der Waals surface area contributed by atoms with Gasteiger partial charge in [-0.1, -0.05) is 36.4 Å². The van der Waals surface area contributed by atoms with Crippen LogP contribution in [0.5, 0.6) is 0 Å². The number of nitriles is 1. The molecular weight excluding hydrogens is 316 g/mol. The van der Waals surface area contributed by atoms with E-state index in [-0.39, 0.29) is 5.91 Å². The van der Waals surface area contributed by atoms with Crippen molar-refractivity contribution in [3.05, 3.63) is 69.7 Å². The van der Waals surface area contributed by atoms with Gasteiger partial charge in [0.1, 0.15) is 6.04 Å². The molecule has 0 saturated heterocycles. The van der Waals surface area contributed by atoms with Gasteiger partial charge in [-0.25, -0.2) is 0 Å². The molecule has 2 aromatic rings. The van der Waals surface area contributed by atoms with Gasteiger partial charge in [-0.05, 0) is 46.1 Å². The monoisotopic (exact) mass is 328 g/mol. The van der Waals surface area contributed by atoms with E-state index in [0.29, 0.717) is 10.0 Å². The van der Waals surface area contributed by atoms with Crippen LogP contribution in [0.4, 0.5) is 0 Å². The van der Waals surface area contributed by atoms with Crippen LogP contribution < -0.4 is 5.32 Å². The van der Waals surface area contributed by atoms with Gasteiger partial charge in [-0.15, -0.1) is 0 Å². The van der Waals surface area contributed by atoms with Crippen molar-refractivity contribution >= 4 is 21.8 Å². The zero-order valence-electron chi connectivity index (χ0n) is 10.9. The molecule has 1 atom stereocenters. The van der Waals surface area contributed by atoms with E-state index in [4.69, 9.17) is 0 Å². The number of nitrogens with one attached hydrogen (secondary N) is 1. The Bertz CT molecular complexity index is 676. The maximum Gasteiger partial charge on any atom is 0.253 e. The Morgan fingerprint density at radius 2 is 1.85 bits per heavy atom. The summed E-state index contributed by atoms with van der Waals surface area (Å²) >= 11 is 3.34. The molecule has 3 nitrogen and oxygen atoms in total. The number of rotatable bonds is 3. The number of carbonyl (C=O) groups excluding carboxylic acids is 1. The Morgan fingerprint density at radius 1 is 1.20 bits per heavy atom. The highest BCUT2D eigenvalue weighted by Crippen LogP contribution is 2.20. The van der Waals surface area contributed by atoms with Crippen molar-refractivity contribution in [2.75, 3.05) is 0 Å². The fourth-order valence-corrected chi connectivity index (χ4v) is 2.41. The van der Waals surface area contributed by atoms with E-state index >= 15 is 0 Å². The van der Waals surface area contributed by atoms with Crippen molar-refractivity contribution in [3.8, 4) is 6.07 Å². The maximum atomic E-state index is 12.2. The molecule has 0 bridgehead atoms. The summed E-state index contributed by atoms with van der Waals surface area (Å²) in [6.07, 6.45) is 0. The third kappa shape index (κ3) is 3.06.